The number of rotatable bonds is 5. The first-order chi connectivity index (χ1) is 7.13. The van der Waals surface area contributed by atoms with Crippen LogP contribution in [0.4, 0.5) is 10.1 Å². The summed E-state index contributed by atoms with van der Waals surface area (Å²) in [6.45, 7) is 5.03. The average molecular weight is 210 g/mol. The third-order valence-electron chi connectivity index (χ3n) is 2.39. The van der Waals surface area contributed by atoms with Crippen molar-refractivity contribution in [3.05, 3.63) is 30.1 Å². The van der Waals surface area contributed by atoms with Gasteiger partial charge in [-0.2, -0.15) is 0 Å². The van der Waals surface area contributed by atoms with Crippen molar-refractivity contribution in [2.24, 2.45) is 0 Å². The van der Waals surface area contributed by atoms with Crippen LogP contribution in [0.25, 0.3) is 0 Å². The molecular formula is C12H19FN2. The summed E-state index contributed by atoms with van der Waals surface area (Å²) in [5, 5.41) is 0. The molecular weight excluding hydrogens is 191 g/mol. The maximum absolute atomic E-state index is 12.7. The number of likely N-dealkylation sites (N-methyl/N-ethyl adjacent to an activating group) is 2. The van der Waals surface area contributed by atoms with Gasteiger partial charge in [0.15, 0.2) is 0 Å². The van der Waals surface area contributed by atoms with Crippen molar-refractivity contribution in [1.82, 2.24) is 4.90 Å². The normalized spacial score (nSPS) is 10.7. The first-order valence-corrected chi connectivity index (χ1v) is 5.28. The van der Waals surface area contributed by atoms with Crippen molar-refractivity contribution in [2.75, 3.05) is 38.6 Å². The Kier molecular flexibility index (Phi) is 4.56. The van der Waals surface area contributed by atoms with E-state index in [1.807, 2.05) is 12.1 Å². The summed E-state index contributed by atoms with van der Waals surface area (Å²) < 4.78 is 12.7. The molecule has 15 heavy (non-hydrogen) atoms. The summed E-state index contributed by atoms with van der Waals surface area (Å²) in [6.07, 6.45) is 0. The van der Waals surface area contributed by atoms with Crippen LogP contribution in [-0.2, 0) is 0 Å². The van der Waals surface area contributed by atoms with E-state index < -0.39 is 0 Å². The molecule has 0 aliphatic heterocycles. The highest BCUT2D eigenvalue weighted by molar-refractivity contribution is 5.46. The summed E-state index contributed by atoms with van der Waals surface area (Å²) in [4.78, 5) is 4.38. The molecule has 0 unspecified atom stereocenters. The van der Waals surface area contributed by atoms with Crippen LogP contribution < -0.4 is 4.90 Å². The van der Waals surface area contributed by atoms with Crippen molar-refractivity contribution in [3.8, 4) is 0 Å². The fraction of sp³-hybridized carbons (Fsp3) is 0.500. The maximum Gasteiger partial charge on any atom is 0.123 e. The molecule has 0 spiro atoms. The van der Waals surface area contributed by atoms with Crippen LogP contribution in [0.3, 0.4) is 0 Å². The van der Waals surface area contributed by atoms with Gasteiger partial charge in [-0.1, -0.05) is 0 Å². The standard InChI is InChI=1S/C12H19FN2/c1-4-15(10-9-14(2)3)12-7-5-11(13)6-8-12/h5-8H,4,9-10H2,1-3H3. The Hall–Kier alpha value is -1.09. The molecule has 84 valence electrons. The maximum atomic E-state index is 12.7. The lowest BCUT2D eigenvalue weighted by Gasteiger charge is -2.24. The molecule has 1 aromatic rings. The smallest absolute Gasteiger partial charge is 0.123 e. The lowest BCUT2D eigenvalue weighted by Crippen LogP contribution is -2.31. The van der Waals surface area contributed by atoms with E-state index in [1.165, 1.54) is 12.1 Å². The fourth-order valence-electron chi connectivity index (χ4n) is 1.44. The molecule has 0 heterocycles. The van der Waals surface area contributed by atoms with Gasteiger partial charge >= 0.3 is 0 Å². The van der Waals surface area contributed by atoms with Gasteiger partial charge < -0.3 is 9.80 Å². The molecule has 0 aromatic heterocycles. The molecule has 0 saturated carbocycles. The van der Waals surface area contributed by atoms with Gasteiger partial charge in [-0.3, -0.25) is 0 Å². The lowest BCUT2D eigenvalue weighted by atomic mass is 10.2. The van der Waals surface area contributed by atoms with E-state index in [0.717, 1.165) is 25.3 Å². The molecule has 0 fully saturated rings. The highest BCUT2D eigenvalue weighted by Gasteiger charge is 2.04. The Morgan fingerprint density at radius 3 is 2.13 bits per heavy atom. The van der Waals surface area contributed by atoms with Crippen LogP contribution in [0, 0.1) is 5.82 Å². The first kappa shape index (κ1) is 12.0. The van der Waals surface area contributed by atoms with E-state index in [1.54, 1.807) is 0 Å². The zero-order valence-corrected chi connectivity index (χ0v) is 9.70. The van der Waals surface area contributed by atoms with E-state index in [0.29, 0.717) is 0 Å². The highest BCUT2D eigenvalue weighted by atomic mass is 19.1. The summed E-state index contributed by atoms with van der Waals surface area (Å²) in [7, 11) is 4.11. The van der Waals surface area contributed by atoms with E-state index in [9.17, 15) is 4.39 Å². The molecule has 3 heteroatoms. The summed E-state index contributed by atoms with van der Waals surface area (Å²) in [6, 6.07) is 6.67. The van der Waals surface area contributed by atoms with Crippen molar-refractivity contribution in [2.45, 2.75) is 6.92 Å². The van der Waals surface area contributed by atoms with E-state index >= 15 is 0 Å². The molecule has 0 radical (unpaired) electrons. The zero-order chi connectivity index (χ0) is 11.3. The van der Waals surface area contributed by atoms with Crippen LogP contribution in [0.2, 0.25) is 0 Å². The Balaban J connectivity index is 2.61. The molecule has 0 N–H and O–H groups in total. The van der Waals surface area contributed by atoms with Gasteiger partial charge in [0.05, 0.1) is 0 Å². The van der Waals surface area contributed by atoms with Crippen LogP contribution in [0.1, 0.15) is 6.92 Å². The minimum Gasteiger partial charge on any atom is -0.371 e. The quantitative estimate of drug-likeness (QED) is 0.735. The second kappa shape index (κ2) is 5.71. The molecule has 1 rings (SSSR count). The molecule has 0 atom stereocenters. The largest absolute Gasteiger partial charge is 0.371 e. The molecule has 0 bridgehead atoms. The zero-order valence-electron chi connectivity index (χ0n) is 9.70. The summed E-state index contributed by atoms with van der Waals surface area (Å²) in [5.74, 6) is -0.178. The van der Waals surface area contributed by atoms with Gasteiger partial charge in [0.25, 0.3) is 0 Å². The predicted octanol–water partition coefficient (Wildman–Crippen LogP) is 2.21. The predicted molar refractivity (Wildman–Crippen MR) is 62.8 cm³/mol. The number of hydrogen-bond donors (Lipinski definition) is 0. The molecule has 1 aromatic carbocycles. The number of hydrogen-bond acceptors (Lipinski definition) is 2. The van der Waals surface area contributed by atoms with E-state index in [-0.39, 0.29) is 5.82 Å². The Labute approximate surface area is 91.3 Å². The van der Waals surface area contributed by atoms with Gasteiger partial charge in [0, 0.05) is 25.3 Å². The second-order valence-electron chi connectivity index (χ2n) is 3.86. The lowest BCUT2D eigenvalue weighted by molar-refractivity contribution is 0.414. The van der Waals surface area contributed by atoms with Crippen molar-refractivity contribution in [1.29, 1.82) is 0 Å². The van der Waals surface area contributed by atoms with Gasteiger partial charge in [-0.25, -0.2) is 4.39 Å². The summed E-state index contributed by atoms with van der Waals surface area (Å²) >= 11 is 0. The monoisotopic (exact) mass is 210 g/mol. The van der Waals surface area contributed by atoms with Gasteiger partial charge in [0.1, 0.15) is 5.82 Å². The van der Waals surface area contributed by atoms with Crippen molar-refractivity contribution >= 4 is 5.69 Å². The molecule has 2 nitrogen and oxygen atoms in total. The second-order valence-corrected chi connectivity index (χ2v) is 3.86. The third kappa shape index (κ3) is 3.88. The van der Waals surface area contributed by atoms with E-state index in [4.69, 9.17) is 0 Å². The number of anilines is 1. The van der Waals surface area contributed by atoms with Gasteiger partial charge in [0.2, 0.25) is 0 Å². The number of nitrogens with zero attached hydrogens (tertiary/aromatic N) is 2. The summed E-state index contributed by atoms with van der Waals surface area (Å²) in [5.41, 5.74) is 1.08. The van der Waals surface area contributed by atoms with Crippen molar-refractivity contribution < 1.29 is 4.39 Å². The molecule has 0 saturated heterocycles. The van der Waals surface area contributed by atoms with E-state index in [2.05, 4.69) is 30.8 Å². The molecule has 0 aliphatic carbocycles. The number of benzene rings is 1. The Morgan fingerprint density at radius 1 is 1.07 bits per heavy atom. The molecule has 0 aliphatic rings. The first-order valence-electron chi connectivity index (χ1n) is 5.28. The highest BCUT2D eigenvalue weighted by Crippen LogP contribution is 2.13. The molecule has 0 amide bonds. The number of halogens is 1. The average Bonchev–Trinajstić information content (AvgIpc) is 2.21. The van der Waals surface area contributed by atoms with Crippen LogP contribution >= 0.6 is 0 Å². The van der Waals surface area contributed by atoms with Gasteiger partial charge in [-0.15, -0.1) is 0 Å². The Bertz CT molecular complexity index is 282. The van der Waals surface area contributed by atoms with Crippen molar-refractivity contribution in [3.63, 3.8) is 0 Å². The Morgan fingerprint density at radius 2 is 1.67 bits per heavy atom. The van der Waals surface area contributed by atoms with Crippen LogP contribution in [0.5, 0.6) is 0 Å². The van der Waals surface area contributed by atoms with Gasteiger partial charge in [-0.05, 0) is 45.3 Å². The fourth-order valence-corrected chi connectivity index (χ4v) is 1.44. The minimum absolute atomic E-state index is 0.178. The SMILES string of the molecule is CCN(CCN(C)C)c1ccc(F)cc1. The third-order valence-corrected chi connectivity index (χ3v) is 2.39. The minimum atomic E-state index is -0.178. The topological polar surface area (TPSA) is 6.48 Å². The van der Waals surface area contributed by atoms with Crippen LogP contribution in [0.15, 0.2) is 24.3 Å². The van der Waals surface area contributed by atoms with Crippen LogP contribution in [-0.4, -0.2) is 38.6 Å².